The van der Waals surface area contributed by atoms with Gasteiger partial charge in [-0.15, -0.1) is 0 Å². The van der Waals surface area contributed by atoms with Crippen molar-refractivity contribution in [3.05, 3.63) is 29.3 Å². The van der Waals surface area contributed by atoms with Crippen molar-refractivity contribution in [2.45, 2.75) is 32.2 Å². The molecule has 2 amide bonds. The van der Waals surface area contributed by atoms with Gasteiger partial charge in [0.2, 0.25) is 5.91 Å². The maximum absolute atomic E-state index is 12.6. The summed E-state index contributed by atoms with van der Waals surface area (Å²) in [6.07, 6.45) is 1.15. The third-order valence-electron chi connectivity index (χ3n) is 3.66. The van der Waals surface area contributed by atoms with E-state index in [2.05, 4.69) is 5.32 Å². The Morgan fingerprint density at radius 1 is 1.32 bits per heavy atom. The molecule has 1 heterocycles. The zero-order chi connectivity index (χ0) is 14.0. The summed E-state index contributed by atoms with van der Waals surface area (Å²) in [4.78, 5) is 26.0. The number of nitrogens with one attached hydrogen (secondary N) is 1. The highest BCUT2D eigenvalue weighted by atomic mass is 35.5. The molecule has 0 unspecified atom stereocenters. The maximum Gasteiger partial charge on any atom is 0.253 e. The van der Waals surface area contributed by atoms with E-state index in [1.54, 1.807) is 24.3 Å². The van der Waals surface area contributed by atoms with E-state index < -0.39 is 5.54 Å². The van der Waals surface area contributed by atoms with Crippen molar-refractivity contribution >= 4 is 29.1 Å². The van der Waals surface area contributed by atoms with Gasteiger partial charge >= 0.3 is 0 Å². The van der Waals surface area contributed by atoms with Crippen LogP contribution >= 0.6 is 11.6 Å². The molecule has 0 saturated carbocycles. The monoisotopic (exact) mass is 280 g/mol. The van der Waals surface area contributed by atoms with Crippen molar-refractivity contribution in [2.24, 2.45) is 0 Å². The van der Waals surface area contributed by atoms with Gasteiger partial charge in [0.25, 0.3) is 5.91 Å². The Kier molecular flexibility index (Phi) is 3.80. The van der Waals surface area contributed by atoms with E-state index >= 15 is 0 Å². The Bertz CT molecular complexity index is 512. The molecule has 2 rings (SSSR count). The number of carbonyl (C=O) groups excluding carboxylic acids is 2. The largest absolute Gasteiger partial charge is 0.340 e. The van der Waals surface area contributed by atoms with Gasteiger partial charge in [-0.3, -0.25) is 9.59 Å². The van der Waals surface area contributed by atoms with Crippen LogP contribution in [0.1, 0.15) is 26.7 Å². The molecule has 1 saturated heterocycles. The molecule has 5 heteroatoms. The number of anilines is 1. The zero-order valence-electron chi connectivity index (χ0n) is 11.1. The number of benzene rings is 1. The van der Waals surface area contributed by atoms with Crippen molar-refractivity contribution in [3.8, 4) is 0 Å². The van der Waals surface area contributed by atoms with Crippen molar-refractivity contribution in [3.63, 3.8) is 0 Å². The van der Waals surface area contributed by atoms with Crippen molar-refractivity contribution < 1.29 is 9.59 Å². The minimum Gasteiger partial charge on any atom is -0.340 e. The van der Waals surface area contributed by atoms with Crippen LogP contribution in [0.3, 0.4) is 0 Å². The van der Waals surface area contributed by atoms with Crippen molar-refractivity contribution in [1.29, 1.82) is 0 Å². The van der Waals surface area contributed by atoms with E-state index in [4.69, 9.17) is 11.6 Å². The number of rotatable bonds is 3. The van der Waals surface area contributed by atoms with Gasteiger partial charge in [-0.25, -0.2) is 0 Å². The van der Waals surface area contributed by atoms with E-state index in [1.165, 1.54) is 4.90 Å². The second kappa shape index (κ2) is 5.21. The highest BCUT2D eigenvalue weighted by Gasteiger charge is 2.44. The second-order valence-electron chi connectivity index (χ2n) is 4.71. The molecule has 1 aliphatic heterocycles. The smallest absolute Gasteiger partial charge is 0.253 e. The molecule has 102 valence electrons. The normalized spacial score (nSPS) is 18.4. The van der Waals surface area contributed by atoms with Gasteiger partial charge in [-0.05, 0) is 31.0 Å². The molecule has 0 atom stereocenters. The molecule has 1 aromatic carbocycles. The van der Waals surface area contributed by atoms with Gasteiger partial charge in [0.15, 0.2) is 0 Å². The molecule has 0 radical (unpaired) electrons. The summed E-state index contributed by atoms with van der Waals surface area (Å²) >= 11 is 5.95. The first-order valence-corrected chi connectivity index (χ1v) is 6.78. The Labute approximate surface area is 117 Å². The predicted octanol–water partition coefficient (Wildman–Crippen LogP) is 2.36. The molecule has 19 heavy (non-hydrogen) atoms. The summed E-state index contributed by atoms with van der Waals surface area (Å²) in [5, 5.41) is 3.38. The summed E-state index contributed by atoms with van der Waals surface area (Å²) < 4.78 is 0. The number of hydrogen-bond acceptors (Lipinski definition) is 2. The first-order valence-electron chi connectivity index (χ1n) is 6.41. The van der Waals surface area contributed by atoms with Gasteiger partial charge in [0.05, 0.1) is 0 Å². The maximum atomic E-state index is 12.6. The molecule has 1 aromatic rings. The van der Waals surface area contributed by atoms with Gasteiger partial charge < -0.3 is 10.2 Å². The molecule has 0 spiro atoms. The fourth-order valence-corrected chi connectivity index (χ4v) is 2.60. The highest BCUT2D eigenvalue weighted by molar-refractivity contribution is 6.31. The topological polar surface area (TPSA) is 49.4 Å². The first-order chi connectivity index (χ1) is 9.02. The number of piperazine rings is 1. The fourth-order valence-electron chi connectivity index (χ4n) is 2.42. The first kappa shape index (κ1) is 13.9. The Balaban J connectivity index is 2.40. The second-order valence-corrected chi connectivity index (χ2v) is 5.14. The van der Waals surface area contributed by atoms with E-state index in [9.17, 15) is 9.59 Å². The van der Waals surface area contributed by atoms with Crippen LogP contribution in [0.5, 0.6) is 0 Å². The minimum absolute atomic E-state index is 0.0426. The van der Waals surface area contributed by atoms with Crippen LogP contribution in [-0.4, -0.2) is 23.9 Å². The number of nitrogens with zero attached hydrogens (tertiary/aromatic N) is 1. The Morgan fingerprint density at radius 3 is 2.58 bits per heavy atom. The Morgan fingerprint density at radius 2 is 2.00 bits per heavy atom. The average molecular weight is 281 g/mol. The average Bonchev–Trinajstić information content (AvgIpc) is 2.41. The van der Waals surface area contributed by atoms with Crippen LogP contribution in [0.25, 0.3) is 0 Å². The van der Waals surface area contributed by atoms with E-state index in [0.29, 0.717) is 23.6 Å². The summed E-state index contributed by atoms with van der Waals surface area (Å²) in [5.74, 6) is -0.206. The number of carbonyl (C=O) groups is 2. The number of amides is 2. The summed E-state index contributed by atoms with van der Waals surface area (Å²) in [5.41, 5.74) is -0.129. The van der Waals surface area contributed by atoms with E-state index in [-0.39, 0.29) is 18.4 Å². The van der Waals surface area contributed by atoms with Crippen LogP contribution in [0.2, 0.25) is 5.02 Å². The lowest BCUT2D eigenvalue weighted by atomic mass is 9.88. The third-order valence-corrected chi connectivity index (χ3v) is 3.90. The molecule has 4 nitrogen and oxygen atoms in total. The minimum atomic E-state index is -0.794. The summed E-state index contributed by atoms with van der Waals surface area (Å²) in [6, 6.07) is 7.01. The standard InChI is InChI=1S/C14H17ClN2O2/c1-3-14(4-2)13(19)17(9-12(18)16-14)11-7-5-6-10(15)8-11/h5-8H,3-4,9H2,1-2H3,(H,16,18). The van der Waals surface area contributed by atoms with Crippen molar-refractivity contribution in [1.82, 2.24) is 5.32 Å². The summed E-state index contributed by atoms with van der Waals surface area (Å²) in [7, 11) is 0. The molecular formula is C14H17ClN2O2. The summed E-state index contributed by atoms with van der Waals surface area (Å²) in [6.45, 7) is 3.85. The van der Waals surface area contributed by atoms with Gasteiger partial charge in [-0.2, -0.15) is 0 Å². The van der Waals surface area contributed by atoms with Gasteiger partial charge in [0, 0.05) is 10.7 Å². The lowest BCUT2D eigenvalue weighted by Gasteiger charge is -2.41. The van der Waals surface area contributed by atoms with Crippen LogP contribution in [-0.2, 0) is 9.59 Å². The van der Waals surface area contributed by atoms with Crippen LogP contribution in [0.15, 0.2) is 24.3 Å². The lowest BCUT2D eigenvalue weighted by molar-refractivity contribution is -0.136. The van der Waals surface area contributed by atoms with Crippen LogP contribution in [0.4, 0.5) is 5.69 Å². The highest BCUT2D eigenvalue weighted by Crippen LogP contribution is 2.27. The lowest BCUT2D eigenvalue weighted by Crippen LogP contribution is -2.66. The molecular weight excluding hydrogens is 264 g/mol. The fraction of sp³-hybridized carbons (Fsp3) is 0.429. The van der Waals surface area contributed by atoms with Gasteiger partial charge in [0.1, 0.15) is 12.1 Å². The van der Waals surface area contributed by atoms with Gasteiger partial charge in [-0.1, -0.05) is 31.5 Å². The van der Waals surface area contributed by atoms with Crippen LogP contribution in [0, 0.1) is 0 Å². The zero-order valence-corrected chi connectivity index (χ0v) is 11.8. The number of hydrogen-bond donors (Lipinski definition) is 1. The Hall–Kier alpha value is -1.55. The quantitative estimate of drug-likeness (QED) is 0.924. The predicted molar refractivity (Wildman–Crippen MR) is 75.3 cm³/mol. The van der Waals surface area contributed by atoms with Crippen molar-refractivity contribution in [2.75, 3.05) is 11.4 Å². The number of halogens is 1. The van der Waals surface area contributed by atoms with E-state index in [1.807, 2.05) is 13.8 Å². The van der Waals surface area contributed by atoms with E-state index in [0.717, 1.165) is 0 Å². The van der Waals surface area contributed by atoms with Crippen LogP contribution < -0.4 is 10.2 Å². The molecule has 1 aliphatic rings. The molecule has 0 aliphatic carbocycles. The molecule has 0 bridgehead atoms. The molecule has 1 N–H and O–H groups in total. The molecule has 0 aromatic heterocycles. The molecule has 1 fully saturated rings. The SMILES string of the molecule is CCC1(CC)NC(=O)CN(c2cccc(Cl)c2)C1=O. The third kappa shape index (κ3) is 2.45.